The molecule has 122 valence electrons. The molecule has 0 aromatic heterocycles. The number of guanidine groups is 1. The highest BCUT2D eigenvalue weighted by Crippen LogP contribution is 2.18. The Kier molecular flexibility index (Phi) is 7.30. The van der Waals surface area contributed by atoms with Crippen LogP contribution < -0.4 is 5.32 Å². The van der Waals surface area contributed by atoms with Crippen molar-refractivity contribution < 1.29 is 0 Å². The topological polar surface area (TPSA) is 30.9 Å². The molecule has 1 unspecified atom stereocenters. The number of nitrogens with zero attached hydrogens (tertiary/aromatic N) is 3. The molecule has 1 aromatic rings. The maximum atomic E-state index is 4.52. The van der Waals surface area contributed by atoms with Gasteiger partial charge in [0.2, 0.25) is 0 Å². The summed E-state index contributed by atoms with van der Waals surface area (Å²) in [5, 5.41) is 3.54. The Morgan fingerprint density at radius 3 is 2.82 bits per heavy atom. The van der Waals surface area contributed by atoms with Gasteiger partial charge in [-0.25, -0.2) is 0 Å². The monoisotopic (exact) mass is 432 g/mol. The molecule has 1 N–H and O–H groups in total. The van der Waals surface area contributed by atoms with E-state index in [-0.39, 0.29) is 24.0 Å². The van der Waals surface area contributed by atoms with Crippen LogP contribution in [0.1, 0.15) is 5.56 Å². The normalized spacial score (nSPS) is 22.1. The van der Waals surface area contributed by atoms with E-state index in [1.54, 1.807) is 0 Å². The molecule has 1 fully saturated rings. The van der Waals surface area contributed by atoms with Gasteiger partial charge < -0.3 is 10.2 Å². The van der Waals surface area contributed by atoms with Crippen molar-refractivity contribution in [3.8, 4) is 0 Å². The lowest BCUT2D eigenvalue weighted by Crippen LogP contribution is -2.50. The first-order chi connectivity index (χ1) is 10.3. The van der Waals surface area contributed by atoms with E-state index < -0.39 is 0 Å². The maximum Gasteiger partial charge on any atom is 0.193 e. The summed E-state index contributed by atoms with van der Waals surface area (Å²) in [6, 6.07) is 11.4. The zero-order valence-corrected chi connectivity index (χ0v) is 16.2. The fourth-order valence-corrected chi connectivity index (χ4v) is 3.97. The summed E-state index contributed by atoms with van der Waals surface area (Å²) < 4.78 is 0. The van der Waals surface area contributed by atoms with Crippen LogP contribution in [-0.2, 0) is 6.54 Å². The minimum Gasteiger partial charge on any atom is -0.355 e. The van der Waals surface area contributed by atoms with Gasteiger partial charge in [-0.15, -0.1) is 24.0 Å². The summed E-state index contributed by atoms with van der Waals surface area (Å²) in [6.07, 6.45) is 0. The molecule has 0 spiro atoms. The van der Waals surface area contributed by atoms with Crippen LogP contribution in [0.2, 0.25) is 0 Å². The SMILES string of the molecule is CN1CCN=C1NCC1CSCCN1Cc1ccccc1.I. The van der Waals surface area contributed by atoms with Crippen LogP contribution in [0, 0.1) is 0 Å². The average molecular weight is 432 g/mol. The van der Waals surface area contributed by atoms with Crippen LogP contribution >= 0.6 is 35.7 Å². The third-order valence-electron chi connectivity index (χ3n) is 4.13. The van der Waals surface area contributed by atoms with Gasteiger partial charge in [0.1, 0.15) is 0 Å². The van der Waals surface area contributed by atoms with E-state index in [1.165, 1.54) is 23.6 Å². The Hall–Kier alpha value is -0.470. The van der Waals surface area contributed by atoms with E-state index in [0.29, 0.717) is 6.04 Å². The Morgan fingerprint density at radius 2 is 2.09 bits per heavy atom. The van der Waals surface area contributed by atoms with Crippen molar-refractivity contribution in [2.45, 2.75) is 12.6 Å². The predicted molar refractivity (Wildman–Crippen MR) is 106 cm³/mol. The average Bonchev–Trinajstić information content (AvgIpc) is 2.93. The molecule has 6 heteroatoms. The zero-order valence-electron chi connectivity index (χ0n) is 13.1. The second-order valence-electron chi connectivity index (χ2n) is 5.69. The van der Waals surface area contributed by atoms with Gasteiger partial charge in [0.25, 0.3) is 0 Å². The highest BCUT2D eigenvalue weighted by molar-refractivity contribution is 14.0. The van der Waals surface area contributed by atoms with Crippen LogP contribution in [0.4, 0.5) is 0 Å². The minimum atomic E-state index is 0. The maximum absolute atomic E-state index is 4.52. The van der Waals surface area contributed by atoms with Gasteiger partial charge in [-0.05, 0) is 5.56 Å². The highest BCUT2D eigenvalue weighted by Gasteiger charge is 2.23. The second-order valence-corrected chi connectivity index (χ2v) is 6.84. The number of rotatable bonds is 4. The molecule has 22 heavy (non-hydrogen) atoms. The number of hydrogen-bond donors (Lipinski definition) is 1. The lowest BCUT2D eigenvalue weighted by molar-refractivity contribution is 0.209. The van der Waals surface area contributed by atoms with Crippen molar-refractivity contribution in [1.29, 1.82) is 0 Å². The smallest absolute Gasteiger partial charge is 0.193 e. The van der Waals surface area contributed by atoms with Crippen LogP contribution in [0.3, 0.4) is 0 Å². The first-order valence-electron chi connectivity index (χ1n) is 7.68. The predicted octanol–water partition coefficient (Wildman–Crippen LogP) is 2.11. The summed E-state index contributed by atoms with van der Waals surface area (Å²) in [5.41, 5.74) is 1.41. The minimum absolute atomic E-state index is 0. The zero-order chi connectivity index (χ0) is 14.5. The van der Waals surface area contributed by atoms with E-state index in [9.17, 15) is 0 Å². The van der Waals surface area contributed by atoms with Crippen molar-refractivity contribution in [1.82, 2.24) is 15.1 Å². The van der Waals surface area contributed by atoms with Gasteiger partial charge >= 0.3 is 0 Å². The van der Waals surface area contributed by atoms with E-state index in [2.05, 4.69) is 69.3 Å². The largest absolute Gasteiger partial charge is 0.355 e. The van der Waals surface area contributed by atoms with Crippen molar-refractivity contribution in [3.63, 3.8) is 0 Å². The lowest BCUT2D eigenvalue weighted by atomic mass is 10.2. The number of thioether (sulfide) groups is 1. The summed E-state index contributed by atoms with van der Waals surface area (Å²) >= 11 is 2.07. The van der Waals surface area contributed by atoms with Crippen molar-refractivity contribution in [2.24, 2.45) is 4.99 Å². The van der Waals surface area contributed by atoms with Gasteiger partial charge in [-0.1, -0.05) is 30.3 Å². The van der Waals surface area contributed by atoms with Gasteiger partial charge in [-0.2, -0.15) is 11.8 Å². The number of nitrogens with one attached hydrogen (secondary N) is 1. The Labute approximate surface area is 154 Å². The number of hydrogen-bond acceptors (Lipinski definition) is 5. The molecule has 0 bridgehead atoms. The van der Waals surface area contributed by atoms with E-state index in [0.717, 1.165) is 32.1 Å². The van der Waals surface area contributed by atoms with Crippen LogP contribution in [0.5, 0.6) is 0 Å². The Morgan fingerprint density at radius 1 is 1.27 bits per heavy atom. The molecule has 1 saturated heterocycles. The van der Waals surface area contributed by atoms with Gasteiger partial charge in [-0.3, -0.25) is 9.89 Å². The number of aliphatic imine (C=N–C) groups is 1. The summed E-state index contributed by atoms with van der Waals surface area (Å²) in [7, 11) is 2.11. The molecule has 0 amide bonds. The van der Waals surface area contributed by atoms with Crippen LogP contribution in [0.15, 0.2) is 35.3 Å². The number of halogens is 1. The standard InChI is InChI=1S/C16H24N4S.HI/c1-19-8-7-17-16(19)18-11-15-13-21-10-9-20(15)12-14-5-3-2-4-6-14;/h2-6,15H,7-13H2,1H3,(H,17,18);1H. The van der Waals surface area contributed by atoms with E-state index >= 15 is 0 Å². The van der Waals surface area contributed by atoms with Crippen LogP contribution in [0.25, 0.3) is 0 Å². The first-order valence-corrected chi connectivity index (χ1v) is 8.83. The molecule has 3 rings (SSSR count). The van der Waals surface area contributed by atoms with Gasteiger partial charge in [0, 0.05) is 50.8 Å². The molecule has 0 radical (unpaired) electrons. The highest BCUT2D eigenvalue weighted by atomic mass is 127. The fourth-order valence-electron chi connectivity index (χ4n) is 2.84. The van der Waals surface area contributed by atoms with E-state index in [4.69, 9.17) is 0 Å². The number of benzene rings is 1. The summed E-state index contributed by atoms with van der Waals surface area (Å²) in [5.74, 6) is 3.51. The molecule has 0 saturated carbocycles. The van der Waals surface area contributed by atoms with Crippen molar-refractivity contribution in [3.05, 3.63) is 35.9 Å². The third kappa shape index (κ3) is 4.76. The molecule has 0 aliphatic carbocycles. The molecule has 1 aromatic carbocycles. The van der Waals surface area contributed by atoms with Gasteiger partial charge in [0.15, 0.2) is 5.96 Å². The molecule has 2 aliphatic rings. The van der Waals surface area contributed by atoms with E-state index in [1.807, 2.05) is 0 Å². The Balaban J connectivity index is 0.00000176. The van der Waals surface area contributed by atoms with Crippen molar-refractivity contribution >= 4 is 41.7 Å². The lowest BCUT2D eigenvalue weighted by Gasteiger charge is -2.36. The molecule has 1 atom stereocenters. The molecular formula is C16H25IN4S. The summed E-state index contributed by atoms with van der Waals surface area (Å²) in [6.45, 7) is 5.18. The quantitative estimate of drug-likeness (QED) is 0.739. The molecule has 2 heterocycles. The fraction of sp³-hybridized carbons (Fsp3) is 0.562. The molecule has 4 nitrogen and oxygen atoms in total. The first kappa shape index (κ1) is 17.9. The second kappa shape index (κ2) is 8.98. The molecule has 2 aliphatic heterocycles. The van der Waals surface area contributed by atoms with Gasteiger partial charge in [0.05, 0.1) is 6.54 Å². The Bertz CT molecular complexity index is 482. The third-order valence-corrected chi connectivity index (χ3v) is 5.22. The molecular weight excluding hydrogens is 407 g/mol. The van der Waals surface area contributed by atoms with Crippen molar-refractivity contribution in [2.75, 3.05) is 44.7 Å². The number of likely N-dealkylation sites (N-methyl/N-ethyl adjacent to an activating group) is 1. The summed E-state index contributed by atoms with van der Waals surface area (Å²) in [4.78, 5) is 9.33. The van der Waals surface area contributed by atoms with Crippen LogP contribution in [-0.4, -0.2) is 66.5 Å².